The smallest absolute Gasteiger partial charge is 0.320 e. The van der Waals surface area contributed by atoms with Crippen molar-refractivity contribution in [3.8, 4) is 0 Å². The summed E-state index contributed by atoms with van der Waals surface area (Å²) >= 11 is 1.43. The lowest BCUT2D eigenvalue weighted by Crippen LogP contribution is -2.40. The van der Waals surface area contributed by atoms with Crippen molar-refractivity contribution in [1.29, 1.82) is 0 Å². The third-order valence-corrected chi connectivity index (χ3v) is 1.88. The fourth-order valence-corrected chi connectivity index (χ4v) is 1.14. The lowest BCUT2D eigenvalue weighted by molar-refractivity contribution is -0.141. The summed E-state index contributed by atoms with van der Waals surface area (Å²) in [5.74, 6) is -0.680. The molecular weight excluding hydrogens is 188 g/mol. The van der Waals surface area contributed by atoms with Gasteiger partial charge in [0.1, 0.15) is 6.04 Å². The van der Waals surface area contributed by atoms with E-state index in [9.17, 15) is 13.6 Å². The first kappa shape index (κ1) is 11.6. The summed E-state index contributed by atoms with van der Waals surface area (Å²) in [6, 6.07) is -1.14. The van der Waals surface area contributed by atoms with Crippen molar-refractivity contribution in [2.24, 2.45) is 0 Å². The Morgan fingerprint density at radius 1 is 1.67 bits per heavy atom. The first-order valence-corrected chi connectivity index (χ1v) is 4.73. The summed E-state index contributed by atoms with van der Waals surface area (Å²) < 4.78 is 23.4. The highest BCUT2D eigenvalue weighted by molar-refractivity contribution is 7.98. The molecule has 0 aromatic carbocycles. The van der Waals surface area contributed by atoms with E-state index >= 15 is 0 Å². The fourth-order valence-electron chi connectivity index (χ4n) is 0.666. The number of carbonyl (C=O) groups is 1. The van der Waals surface area contributed by atoms with Crippen LogP contribution in [-0.4, -0.2) is 35.7 Å². The Balaban J connectivity index is 3.78. The number of carboxylic acid groups (broad SMARTS) is 1. The van der Waals surface area contributed by atoms with Gasteiger partial charge >= 0.3 is 5.97 Å². The predicted molar refractivity (Wildman–Crippen MR) is 43.6 cm³/mol. The van der Waals surface area contributed by atoms with E-state index in [0.717, 1.165) is 0 Å². The molecule has 0 rings (SSSR count). The summed E-state index contributed by atoms with van der Waals surface area (Å²) in [6.07, 6.45) is 2.00. The highest BCUT2D eigenvalue weighted by Gasteiger charge is 2.19. The second-order valence-corrected chi connectivity index (χ2v) is 3.13. The molecule has 3 nitrogen and oxygen atoms in total. The van der Waals surface area contributed by atoms with Crippen LogP contribution in [0.5, 0.6) is 0 Å². The molecular formula is C6H11F2NO2S. The summed E-state index contributed by atoms with van der Waals surface area (Å²) in [4.78, 5) is 10.3. The van der Waals surface area contributed by atoms with E-state index in [4.69, 9.17) is 5.11 Å². The number of carboxylic acids is 1. The van der Waals surface area contributed by atoms with E-state index in [2.05, 4.69) is 0 Å². The molecule has 72 valence electrons. The van der Waals surface area contributed by atoms with Gasteiger partial charge in [-0.1, -0.05) is 0 Å². The topological polar surface area (TPSA) is 49.3 Å². The Labute approximate surface area is 73.5 Å². The van der Waals surface area contributed by atoms with Crippen molar-refractivity contribution in [3.63, 3.8) is 0 Å². The summed E-state index contributed by atoms with van der Waals surface area (Å²) in [5, 5.41) is 10.1. The van der Waals surface area contributed by atoms with E-state index in [1.807, 2.05) is 0 Å². The first-order chi connectivity index (χ1) is 5.57. The fraction of sp³-hybridized carbons (Fsp3) is 0.833. The molecule has 0 spiro atoms. The summed E-state index contributed by atoms with van der Waals surface area (Å²) in [6.45, 7) is -2.77. The molecule has 2 N–H and O–H groups in total. The summed E-state index contributed by atoms with van der Waals surface area (Å²) in [7, 11) is 0. The second-order valence-electron chi connectivity index (χ2n) is 2.14. The van der Waals surface area contributed by atoms with Crippen LogP contribution in [0.2, 0.25) is 0 Å². The van der Waals surface area contributed by atoms with Gasteiger partial charge in [0.15, 0.2) is 0 Å². The molecule has 6 heteroatoms. The van der Waals surface area contributed by atoms with Gasteiger partial charge in [-0.05, 0) is 18.4 Å². The molecule has 0 aliphatic rings. The van der Waals surface area contributed by atoms with E-state index in [1.165, 1.54) is 11.8 Å². The number of rotatable bonds is 6. The third kappa shape index (κ3) is 5.31. The maximum absolute atomic E-state index is 11.7. The van der Waals surface area contributed by atoms with Crippen LogP contribution in [0, 0.1) is 0 Å². The van der Waals surface area contributed by atoms with Gasteiger partial charge in [-0.25, -0.2) is 5.32 Å². The Bertz CT molecular complexity index is 146. The average Bonchev–Trinajstić information content (AvgIpc) is 1.96. The van der Waals surface area contributed by atoms with Crippen molar-refractivity contribution in [1.82, 2.24) is 5.32 Å². The molecule has 0 aliphatic heterocycles. The average molecular weight is 199 g/mol. The van der Waals surface area contributed by atoms with Crippen LogP contribution in [0.15, 0.2) is 0 Å². The third-order valence-electron chi connectivity index (χ3n) is 1.24. The molecule has 0 heterocycles. The van der Waals surface area contributed by atoms with E-state index in [-0.39, 0.29) is 6.42 Å². The van der Waals surface area contributed by atoms with Crippen molar-refractivity contribution in [2.45, 2.75) is 19.0 Å². The standard InChI is InChI=1S/C6H11F2NO2S/c1-12-3-2-4(5(10)11)9-6(7)8/h4,6,9H,2-3H2,1H3,(H,10,11)/t4-/m0/s1. The van der Waals surface area contributed by atoms with Crippen LogP contribution in [0.25, 0.3) is 0 Å². The van der Waals surface area contributed by atoms with Crippen LogP contribution >= 0.6 is 11.8 Å². The Morgan fingerprint density at radius 2 is 2.25 bits per heavy atom. The quantitative estimate of drug-likeness (QED) is 0.627. The SMILES string of the molecule is CSCC[C@H](NC(F)F)C(=O)O. The molecule has 0 bridgehead atoms. The van der Waals surface area contributed by atoms with Crippen LogP contribution in [-0.2, 0) is 4.79 Å². The minimum Gasteiger partial charge on any atom is -0.480 e. The number of halogens is 2. The lowest BCUT2D eigenvalue weighted by atomic mass is 10.2. The molecule has 0 amide bonds. The predicted octanol–water partition coefficient (Wildman–Crippen LogP) is 1.00. The van der Waals surface area contributed by atoms with E-state index < -0.39 is 18.6 Å². The number of hydrogen-bond acceptors (Lipinski definition) is 3. The van der Waals surface area contributed by atoms with Gasteiger partial charge in [0.25, 0.3) is 6.55 Å². The minimum atomic E-state index is -2.77. The first-order valence-electron chi connectivity index (χ1n) is 3.34. The zero-order chi connectivity index (χ0) is 9.56. The molecule has 0 aromatic heterocycles. The summed E-state index contributed by atoms with van der Waals surface area (Å²) in [5.41, 5.74) is 0. The maximum Gasteiger partial charge on any atom is 0.320 e. The largest absolute Gasteiger partial charge is 0.480 e. The highest BCUT2D eigenvalue weighted by atomic mass is 32.2. The zero-order valence-corrected chi connectivity index (χ0v) is 7.41. The van der Waals surface area contributed by atoms with Gasteiger partial charge in [-0.2, -0.15) is 20.5 Å². The Hall–Kier alpha value is -0.360. The number of alkyl halides is 2. The molecule has 0 radical (unpaired) electrons. The van der Waals surface area contributed by atoms with Gasteiger partial charge in [0, 0.05) is 0 Å². The van der Waals surface area contributed by atoms with E-state index in [1.54, 1.807) is 11.6 Å². The van der Waals surface area contributed by atoms with Gasteiger partial charge < -0.3 is 5.11 Å². The molecule has 0 aromatic rings. The van der Waals surface area contributed by atoms with Crippen molar-refractivity contribution < 1.29 is 18.7 Å². The molecule has 12 heavy (non-hydrogen) atoms. The molecule has 0 saturated heterocycles. The molecule has 0 aliphatic carbocycles. The van der Waals surface area contributed by atoms with Crippen LogP contribution < -0.4 is 5.32 Å². The number of aliphatic carboxylic acids is 1. The second kappa shape index (κ2) is 6.19. The number of thioether (sulfide) groups is 1. The van der Waals surface area contributed by atoms with Crippen LogP contribution in [0.1, 0.15) is 6.42 Å². The number of nitrogens with one attached hydrogen (secondary N) is 1. The highest BCUT2D eigenvalue weighted by Crippen LogP contribution is 2.02. The zero-order valence-electron chi connectivity index (χ0n) is 6.59. The van der Waals surface area contributed by atoms with E-state index in [0.29, 0.717) is 5.75 Å². The minimum absolute atomic E-state index is 0.209. The van der Waals surface area contributed by atoms with Crippen LogP contribution in [0.3, 0.4) is 0 Å². The maximum atomic E-state index is 11.7. The van der Waals surface area contributed by atoms with Gasteiger partial charge in [-0.15, -0.1) is 0 Å². The van der Waals surface area contributed by atoms with Crippen LogP contribution in [0.4, 0.5) is 8.78 Å². The number of hydrogen-bond donors (Lipinski definition) is 2. The van der Waals surface area contributed by atoms with Gasteiger partial charge in [0.2, 0.25) is 0 Å². The van der Waals surface area contributed by atoms with Gasteiger partial charge in [0.05, 0.1) is 0 Å². The lowest BCUT2D eigenvalue weighted by Gasteiger charge is -2.12. The Morgan fingerprint density at radius 3 is 2.58 bits per heavy atom. The molecule has 0 unspecified atom stereocenters. The molecule has 0 saturated carbocycles. The molecule has 0 fully saturated rings. The molecule has 1 atom stereocenters. The normalized spacial score (nSPS) is 13.3. The monoisotopic (exact) mass is 199 g/mol. The Kier molecular flexibility index (Phi) is 6.00. The van der Waals surface area contributed by atoms with Gasteiger partial charge in [-0.3, -0.25) is 4.79 Å². The van der Waals surface area contributed by atoms with Crippen molar-refractivity contribution >= 4 is 17.7 Å². The van der Waals surface area contributed by atoms with Crippen molar-refractivity contribution in [3.05, 3.63) is 0 Å². The van der Waals surface area contributed by atoms with Crippen molar-refractivity contribution in [2.75, 3.05) is 12.0 Å².